The summed E-state index contributed by atoms with van der Waals surface area (Å²) in [7, 11) is 1.82. The summed E-state index contributed by atoms with van der Waals surface area (Å²) in [6.45, 7) is 0. The maximum atomic E-state index is 4.35. The van der Waals surface area contributed by atoms with Crippen molar-refractivity contribution in [3.63, 3.8) is 0 Å². The summed E-state index contributed by atoms with van der Waals surface area (Å²) < 4.78 is 0.829. The van der Waals surface area contributed by atoms with E-state index in [0.29, 0.717) is 0 Å². The van der Waals surface area contributed by atoms with Crippen molar-refractivity contribution in [3.05, 3.63) is 41.4 Å². The number of para-hydroxylation sites is 1. The molecule has 0 unspecified atom stereocenters. The van der Waals surface area contributed by atoms with Crippen molar-refractivity contribution >= 4 is 44.4 Å². The summed E-state index contributed by atoms with van der Waals surface area (Å²) >= 11 is 5.00. The van der Waals surface area contributed by atoms with E-state index in [1.807, 2.05) is 31.3 Å². The maximum absolute atomic E-state index is 4.35. The Kier molecular flexibility index (Phi) is 3.79. The summed E-state index contributed by atoms with van der Waals surface area (Å²) in [5.41, 5.74) is 0.920. The summed E-state index contributed by atoms with van der Waals surface area (Å²) in [5.74, 6) is 0.751. The quantitative estimate of drug-likeness (QED) is 0.732. The van der Waals surface area contributed by atoms with Gasteiger partial charge in [-0.1, -0.05) is 18.2 Å². The molecule has 0 radical (unpaired) electrons. The number of nitrogens with zero attached hydrogens (tertiary/aromatic N) is 4. The van der Waals surface area contributed by atoms with Gasteiger partial charge in [0.25, 0.3) is 0 Å². The van der Waals surface area contributed by atoms with E-state index in [0.717, 1.165) is 31.2 Å². The van der Waals surface area contributed by atoms with E-state index in [1.54, 1.807) is 6.33 Å². The van der Waals surface area contributed by atoms with Gasteiger partial charge in [0.15, 0.2) is 0 Å². The van der Waals surface area contributed by atoms with E-state index in [-0.39, 0.29) is 0 Å². The Morgan fingerprint density at radius 2 is 1.75 bits per heavy atom. The van der Waals surface area contributed by atoms with Crippen LogP contribution in [0.3, 0.4) is 0 Å². The molecule has 0 aliphatic heterocycles. The monoisotopic (exact) mass is 347 g/mol. The SMILES string of the molecule is CNc1ncnc(Sc2ncnc3ccccc23)c1Br. The lowest BCUT2D eigenvalue weighted by Crippen LogP contribution is -1.96. The highest BCUT2D eigenvalue weighted by atomic mass is 79.9. The number of anilines is 1. The molecule has 3 aromatic rings. The van der Waals surface area contributed by atoms with Crippen LogP contribution in [0.25, 0.3) is 10.9 Å². The lowest BCUT2D eigenvalue weighted by molar-refractivity contribution is 1.02. The number of halogens is 1. The van der Waals surface area contributed by atoms with Gasteiger partial charge in [-0.3, -0.25) is 0 Å². The average Bonchev–Trinajstić information content (AvgIpc) is 2.50. The lowest BCUT2D eigenvalue weighted by atomic mass is 10.2. The van der Waals surface area contributed by atoms with Crippen molar-refractivity contribution in [1.82, 2.24) is 19.9 Å². The predicted octanol–water partition coefficient (Wildman–Crippen LogP) is 3.38. The van der Waals surface area contributed by atoms with Gasteiger partial charge in [-0.15, -0.1) is 0 Å². The van der Waals surface area contributed by atoms with Gasteiger partial charge in [-0.05, 0) is 33.8 Å². The fourth-order valence-electron chi connectivity index (χ4n) is 1.75. The minimum absolute atomic E-state index is 0.751. The van der Waals surface area contributed by atoms with E-state index in [2.05, 4.69) is 41.2 Å². The molecule has 0 aliphatic carbocycles. The van der Waals surface area contributed by atoms with Crippen molar-refractivity contribution < 1.29 is 0 Å². The minimum Gasteiger partial charge on any atom is -0.372 e. The van der Waals surface area contributed by atoms with E-state index in [1.165, 1.54) is 18.1 Å². The number of hydrogen-bond acceptors (Lipinski definition) is 6. The topological polar surface area (TPSA) is 63.6 Å². The third-order valence-corrected chi connectivity index (χ3v) is 4.73. The first-order valence-corrected chi connectivity index (χ1v) is 7.46. The zero-order valence-corrected chi connectivity index (χ0v) is 12.9. The molecule has 0 saturated carbocycles. The number of hydrogen-bond donors (Lipinski definition) is 1. The highest BCUT2D eigenvalue weighted by Gasteiger charge is 2.12. The maximum Gasteiger partial charge on any atom is 0.144 e. The Hall–Kier alpha value is -1.73. The van der Waals surface area contributed by atoms with Gasteiger partial charge < -0.3 is 5.32 Å². The number of rotatable bonds is 3. The molecule has 2 aromatic heterocycles. The first kappa shape index (κ1) is 13.3. The Balaban J connectivity index is 2.06. The molecule has 2 heterocycles. The minimum atomic E-state index is 0.751. The van der Waals surface area contributed by atoms with E-state index in [4.69, 9.17) is 0 Å². The number of nitrogens with one attached hydrogen (secondary N) is 1. The van der Waals surface area contributed by atoms with Crippen LogP contribution in [0, 0.1) is 0 Å². The molecule has 100 valence electrons. The largest absolute Gasteiger partial charge is 0.372 e. The zero-order chi connectivity index (χ0) is 13.9. The van der Waals surface area contributed by atoms with Gasteiger partial charge in [0.1, 0.15) is 28.5 Å². The van der Waals surface area contributed by atoms with Crippen LogP contribution in [0.1, 0.15) is 0 Å². The Bertz CT molecular complexity index is 759. The highest BCUT2D eigenvalue weighted by Crippen LogP contribution is 2.36. The van der Waals surface area contributed by atoms with E-state index < -0.39 is 0 Å². The highest BCUT2D eigenvalue weighted by molar-refractivity contribution is 9.10. The van der Waals surface area contributed by atoms with Crippen molar-refractivity contribution in [3.8, 4) is 0 Å². The van der Waals surface area contributed by atoms with Crippen LogP contribution in [0.15, 0.2) is 51.4 Å². The van der Waals surface area contributed by atoms with Crippen LogP contribution in [-0.2, 0) is 0 Å². The van der Waals surface area contributed by atoms with Crippen LogP contribution >= 0.6 is 27.7 Å². The molecule has 0 saturated heterocycles. The second kappa shape index (κ2) is 5.72. The van der Waals surface area contributed by atoms with Crippen LogP contribution in [-0.4, -0.2) is 27.0 Å². The first-order chi connectivity index (χ1) is 9.79. The smallest absolute Gasteiger partial charge is 0.144 e. The van der Waals surface area contributed by atoms with Gasteiger partial charge in [-0.2, -0.15) is 0 Å². The molecule has 5 nitrogen and oxygen atoms in total. The van der Waals surface area contributed by atoms with Crippen molar-refractivity contribution in [2.75, 3.05) is 12.4 Å². The summed E-state index contributed by atoms with van der Waals surface area (Å²) in [6.07, 6.45) is 3.10. The molecule has 20 heavy (non-hydrogen) atoms. The summed E-state index contributed by atoms with van der Waals surface area (Å²) in [6, 6.07) is 7.91. The van der Waals surface area contributed by atoms with Crippen LogP contribution in [0.2, 0.25) is 0 Å². The zero-order valence-electron chi connectivity index (χ0n) is 10.5. The predicted molar refractivity (Wildman–Crippen MR) is 82.9 cm³/mol. The molecule has 1 N–H and O–H groups in total. The summed E-state index contributed by atoms with van der Waals surface area (Å²) in [5, 5.41) is 5.71. The van der Waals surface area contributed by atoms with E-state index >= 15 is 0 Å². The first-order valence-electron chi connectivity index (χ1n) is 5.85. The molecule has 7 heteroatoms. The van der Waals surface area contributed by atoms with Crippen molar-refractivity contribution in [2.45, 2.75) is 10.1 Å². The molecule has 0 amide bonds. The van der Waals surface area contributed by atoms with Gasteiger partial charge in [-0.25, -0.2) is 19.9 Å². The molecule has 3 rings (SSSR count). The van der Waals surface area contributed by atoms with Gasteiger partial charge in [0.2, 0.25) is 0 Å². The van der Waals surface area contributed by atoms with Gasteiger partial charge in [0, 0.05) is 12.4 Å². The van der Waals surface area contributed by atoms with E-state index in [9.17, 15) is 0 Å². The second-order valence-electron chi connectivity index (χ2n) is 3.89. The van der Waals surface area contributed by atoms with Gasteiger partial charge >= 0.3 is 0 Å². The fourth-order valence-corrected chi connectivity index (χ4v) is 3.25. The number of benzene rings is 1. The second-order valence-corrected chi connectivity index (χ2v) is 5.66. The number of aromatic nitrogens is 4. The normalized spacial score (nSPS) is 10.7. The standard InChI is InChI=1S/C13H10BrN5S/c1-15-11-10(14)13(19-7-17-11)20-12-8-4-2-3-5-9(8)16-6-18-12/h2-7H,1H3,(H,15,17,19). The molecule has 0 atom stereocenters. The van der Waals surface area contributed by atoms with Crippen LogP contribution in [0.4, 0.5) is 5.82 Å². The van der Waals surface area contributed by atoms with Crippen molar-refractivity contribution in [2.24, 2.45) is 0 Å². The molecular weight excluding hydrogens is 338 g/mol. The Morgan fingerprint density at radius 1 is 1.00 bits per heavy atom. The molecule has 0 bridgehead atoms. The van der Waals surface area contributed by atoms with Crippen LogP contribution in [0.5, 0.6) is 0 Å². The lowest BCUT2D eigenvalue weighted by Gasteiger charge is -2.07. The molecular formula is C13H10BrN5S. The summed E-state index contributed by atoms with van der Waals surface area (Å²) in [4.78, 5) is 17.0. The van der Waals surface area contributed by atoms with Crippen LogP contribution < -0.4 is 5.32 Å². The Labute approximate surface area is 128 Å². The van der Waals surface area contributed by atoms with Crippen molar-refractivity contribution in [1.29, 1.82) is 0 Å². The third kappa shape index (κ3) is 2.46. The van der Waals surface area contributed by atoms with Gasteiger partial charge in [0.05, 0.1) is 9.99 Å². The fraction of sp³-hybridized carbons (Fsp3) is 0.0769. The molecule has 0 spiro atoms. The number of fused-ring (bicyclic) bond motifs is 1. The molecule has 0 aliphatic rings. The molecule has 1 aromatic carbocycles. The average molecular weight is 348 g/mol. The third-order valence-electron chi connectivity index (χ3n) is 2.69. The molecule has 0 fully saturated rings. The Morgan fingerprint density at radius 3 is 2.60 bits per heavy atom.